The molecule has 3 rings (SSSR count). The number of hydrogen-bond acceptors (Lipinski definition) is 4. The van der Waals surface area contributed by atoms with Crippen LogP contribution in [0.2, 0.25) is 0 Å². The van der Waals surface area contributed by atoms with Crippen LogP contribution < -0.4 is 10.6 Å². The highest BCUT2D eigenvalue weighted by atomic mass is 32.2. The second kappa shape index (κ2) is 8.19. The predicted molar refractivity (Wildman–Crippen MR) is 101 cm³/mol. The molecule has 1 aromatic rings. The highest BCUT2D eigenvalue weighted by Gasteiger charge is 2.28. The quantitative estimate of drug-likeness (QED) is 0.605. The average molecular weight is 365 g/mol. The van der Waals surface area contributed by atoms with Gasteiger partial charge in [-0.3, -0.25) is 9.89 Å². The van der Waals surface area contributed by atoms with Crippen LogP contribution in [0.25, 0.3) is 0 Å². The van der Waals surface area contributed by atoms with Crippen LogP contribution in [0, 0.1) is 0 Å². The minimum absolute atomic E-state index is 0.0426. The van der Waals surface area contributed by atoms with Crippen molar-refractivity contribution < 1.29 is 8.42 Å². The maximum atomic E-state index is 11.5. The van der Waals surface area contributed by atoms with E-state index in [1.165, 1.54) is 37.1 Å². The third-order valence-electron chi connectivity index (χ3n) is 4.88. The number of nitrogens with zero attached hydrogens (tertiary/aromatic N) is 2. The fourth-order valence-corrected chi connectivity index (χ4v) is 5.12. The highest BCUT2D eigenvalue weighted by molar-refractivity contribution is 7.91. The zero-order chi connectivity index (χ0) is 17.7. The van der Waals surface area contributed by atoms with Gasteiger partial charge in [0.2, 0.25) is 0 Å². The van der Waals surface area contributed by atoms with E-state index >= 15 is 0 Å². The summed E-state index contributed by atoms with van der Waals surface area (Å²) >= 11 is 0. The number of guanidine groups is 1. The molecule has 2 aliphatic rings. The molecule has 0 saturated carbocycles. The molecule has 138 valence electrons. The van der Waals surface area contributed by atoms with E-state index in [-0.39, 0.29) is 17.5 Å². The summed E-state index contributed by atoms with van der Waals surface area (Å²) in [4.78, 5) is 6.69. The van der Waals surface area contributed by atoms with E-state index in [9.17, 15) is 8.42 Å². The first-order valence-corrected chi connectivity index (χ1v) is 10.8. The minimum atomic E-state index is -2.88. The van der Waals surface area contributed by atoms with Crippen LogP contribution in [-0.4, -0.2) is 57.0 Å². The molecule has 0 radical (unpaired) electrons. The van der Waals surface area contributed by atoms with Crippen molar-refractivity contribution >= 4 is 15.8 Å². The van der Waals surface area contributed by atoms with E-state index in [1.54, 1.807) is 7.05 Å². The molecule has 0 amide bonds. The van der Waals surface area contributed by atoms with Crippen molar-refractivity contribution in [3.63, 3.8) is 0 Å². The van der Waals surface area contributed by atoms with Crippen molar-refractivity contribution in [2.75, 3.05) is 31.6 Å². The third kappa shape index (κ3) is 5.44. The Labute approximate surface area is 150 Å². The molecule has 0 bridgehead atoms. The Kier molecular flexibility index (Phi) is 5.96. The number of sulfone groups is 1. The van der Waals surface area contributed by atoms with E-state index in [1.807, 2.05) is 0 Å². The molecule has 25 heavy (non-hydrogen) atoms. The van der Waals surface area contributed by atoms with Crippen LogP contribution in [0.15, 0.2) is 29.3 Å². The Balaban J connectivity index is 1.46. The van der Waals surface area contributed by atoms with Crippen molar-refractivity contribution in [1.29, 1.82) is 0 Å². The van der Waals surface area contributed by atoms with Gasteiger partial charge in [-0.1, -0.05) is 24.3 Å². The van der Waals surface area contributed by atoms with Gasteiger partial charge in [0.25, 0.3) is 0 Å². The summed E-state index contributed by atoms with van der Waals surface area (Å²) in [5.74, 6) is 1.11. The molecule has 2 aliphatic heterocycles. The summed E-state index contributed by atoms with van der Waals surface area (Å²) in [6.07, 6.45) is 3.28. The summed E-state index contributed by atoms with van der Waals surface area (Å²) in [5, 5.41) is 6.47. The van der Waals surface area contributed by atoms with E-state index < -0.39 is 9.84 Å². The fraction of sp³-hybridized carbons (Fsp3) is 0.611. The van der Waals surface area contributed by atoms with Gasteiger partial charge in [0, 0.05) is 26.2 Å². The van der Waals surface area contributed by atoms with E-state index in [0.29, 0.717) is 18.9 Å². The van der Waals surface area contributed by atoms with Crippen molar-refractivity contribution in [3.8, 4) is 0 Å². The van der Waals surface area contributed by atoms with Crippen molar-refractivity contribution in [2.24, 2.45) is 4.99 Å². The van der Waals surface area contributed by atoms with Crippen LogP contribution in [0.3, 0.4) is 0 Å². The minimum Gasteiger partial charge on any atom is -0.353 e. The van der Waals surface area contributed by atoms with Crippen LogP contribution in [0.5, 0.6) is 0 Å². The second-order valence-corrected chi connectivity index (χ2v) is 9.20. The van der Waals surface area contributed by atoms with Gasteiger partial charge >= 0.3 is 0 Å². The lowest BCUT2D eigenvalue weighted by Crippen LogP contribution is -2.43. The Morgan fingerprint density at radius 1 is 1.20 bits per heavy atom. The Morgan fingerprint density at radius 2 is 1.88 bits per heavy atom. The van der Waals surface area contributed by atoms with E-state index in [0.717, 1.165) is 6.54 Å². The molecule has 0 aliphatic carbocycles. The lowest BCUT2D eigenvalue weighted by atomic mass is 10.1. The largest absolute Gasteiger partial charge is 0.353 e. The fourth-order valence-electron chi connectivity index (χ4n) is 3.44. The molecule has 1 atom stereocenters. The van der Waals surface area contributed by atoms with Crippen molar-refractivity contribution in [1.82, 2.24) is 15.5 Å². The molecule has 2 N–H and O–H groups in total. The first kappa shape index (κ1) is 18.2. The standard InChI is InChI=1S/C18H28N4O2S/c1-19-18(21-17-8-11-25(23,24)14-17)20-12-15-4-6-16(7-5-15)13-22-9-2-3-10-22/h4-7,17H,2-3,8-14H2,1H3,(H2,19,20,21). The zero-order valence-electron chi connectivity index (χ0n) is 14.9. The Bertz CT molecular complexity index is 694. The maximum Gasteiger partial charge on any atom is 0.191 e. The molecule has 0 aromatic heterocycles. The maximum absolute atomic E-state index is 11.5. The van der Waals surface area contributed by atoms with Gasteiger partial charge in [-0.05, 0) is 43.5 Å². The second-order valence-electron chi connectivity index (χ2n) is 6.97. The summed E-state index contributed by atoms with van der Waals surface area (Å²) in [5.41, 5.74) is 2.54. The number of hydrogen-bond donors (Lipinski definition) is 2. The van der Waals surface area contributed by atoms with Gasteiger partial charge in [0.1, 0.15) is 0 Å². The summed E-state index contributed by atoms with van der Waals surface area (Å²) in [6, 6.07) is 8.63. The average Bonchev–Trinajstić information content (AvgIpc) is 3.22. The lowest BCUT2D eigenvalue weighted by Gasteiger charge is -2.17. The van der Waals surface area contributed by atoms with Crippen LogP contribution in [0.1, 0.15) is 30.4 Å². The third-order valence-corrected chi connectivity index (χ3v) is 6.65. The van der Waals surface area contributed by atoms with Gasteiger partial charge in [0.05, 0.1) is 11.5 Å². The molecule has 2 saturated heterocycles. The van der Waals surface area contributed by atoms with Crippen molar-refractivity contribution in [3.05, 3.63) is 35.4 Å². The molecule has 2 fully saturated rings. The smallest absolute Gasteiger partial charge is 0.191 e. The number of nitrogens with one attached hydrogen (secondary N) is 2. The zero-order valence-corrected chi connectivity index (χ0v) is 15.7. The molecule has 7 heteroatoms. The predicted octanol–water partition coefficient (Wildman–Crippen LogP) is 1.13. The molecular formula is C18H28N4O2S. The first-order valence-electron chi connectivity index (χ1n) is 9.02. The van der Waals surface area contributed by atoms with Crippen LogP contribution in [0.4, 0.5) is 0 Å². The Morgan fingerprint density at radius 3 is 2.48 bits per heavy atom. The van der Waals surface area contributed by atoms with E-state index in [2.05, 4.69) is 44.8 Å². The summed E-state index contributed by atoms with van der Waals surface area (Å²) in [7, 11) is -1.17. The van der Waals surface area contributed by atoms with Gasteiger partial charge in [0.15, 0.2) is 15.8 Å². The van der Waals surface area contributed by atoms with Gasteiger partial charge in [-0.2, -0.15) is 0 Å². The summed E-state index contributed by atoms with van der Waals surface area (Å²) in [6.45, 7) is 4.13. The normalized spacial score (nSPS) is 23.7. The Hall–Kier alpha value is -1.60. The number of benzene rings is 1. The number of likely N-dealkylation sites (tertiary alicyclic amines) is 1. The monoisotopic (exact) mass is 364 g/mol. The summed E-state index contributed by atoms with van der Waals surface area (Å²) < 4.78 is 23.1. The number of aliphatic imine (C=N–C) groups is 1. The number of rotatable bonds is 5. The molecular weight excluding hydrogens is 336 g/mol. The molecule has 2 heterocycles. The SMILES string of the molecule is CN=C(NCc1ccc(CN2CCCC2)cc1)NC1CCS(=O)(=O)C1. The lowest BCUT2D eigenvalue weighted by molar-refractivity contribution is 0.331. The van der Waals surface area contributed by atoms with Crippen LogP contribution in [-0.2, 0) is 22.9 Å². The van der Waals surface area contributed by atoms with Gasteiger partial charge < -0.3 is 10.6 Å². The molecule has 6 nitrogen and oxygen atoms in total. The van der Waals surface area contributed by atoms with E-state index in [4.69, 9.17) is 0 Å². The first-order chi connectivity index (χ1) is 12.0. The van der Waals surface area contributed by atoms with Crippen LogP contribution >= 0.6 is 0 Å². The van der Waals surface area contributed by atoms with Gasteiger partial charge in [-0.25, -0.2) is 8.42 Å². The molecule has 0 spiro atoms. The molecule has 1 aromatic carbocycles. The van der Waals surface area contributed by atoms with Crippen molar-refractivity contribution in [2.45, 2.75) is 38.4 Å². The molecule has 1 unspecified atom stereocenters. The van der Waals surface area contributed by atoms with Gasteiger partial charge in [-0.15, -0.1) is 0 Å². The topological polar surface area (TPSA) is 73.8 Å². The highest BCUT2D eigenvalue weighted by Crippen LogP contribution is 2.13.